The number of benzene rings is 1. The normalized spacial score (nSPS) is 11.7. The van der Waals surface area contributed by atoms with Crippen LogP contribution in [0.2, 0.25) is 0 Å². The van der Waals surface area contributed by atoms with Gasteiger partial charge in [0.2, 0.25) is 5.91 Å². The Labute approximate surface area is 105 Å². The first-order chi connectivity index (χ1) is 8.52. The van der Waals surface area contributed by atoms with Crippen molar-refractivity contribution in [3.05, 3.63) is 24.3 Å². The number of carbonyl (C=O) groups excluding carboxylic acids is 1. The molecule has 1 unspecified atom stereocenters. The highest BCUT2D eigenvalue weighted by Crippen LogP contribution is 2.14. The van der Waals surface area contributed by atoms with E-state index in [1.165, 1.54) is 6.92 Å². The first-order valence-corrected chi connectivity index (χ1v) is 5.31. The minimum absolute atomic E-state index is 0.306. The van der Waals surface area contributed by atoms with Crippen LogP contribution in [0.25, 0.3) is 0 Å². The number of rotatable bonds is 6. The smallest absolute Gasteiger partial charge is 0.332 e. The van der Waals surface area contributed by atoms with Gasteiger partial charge in [-0.15, -0.1) is 0 Å². The van der Waals surface area contributed by atoms with Gasteiger partial charge in [-0.3, -0.25) is 4.79 Å². The van der Waals surface area contributed by atoms with Crippen LogP contribution in [0.1, 0.15) is 6.92 Å². The molecule has 0 spiro atoms. The zero-order valence-electron chi connectivity index (χ0n) is 10.2. The van der Waals surface area contributed by atoms with Crippen LogP contribution in [0.4, 0.5) is 5.69 Å². The van der Waals surface area contributed by atoms with E-state index in [0.717, 1.165) is 0 Å². The van der Waals surface area contributed by atoms with Crippen LogP contribution < -0.4 is 10.1 Å². The zero-order valence-corrected chi connectivity index (χ0v) is 10.2. The minimum atomic E-state index is -1.10. The zero-order chi connectivity index (χ0) is 13.5. The summed E-state index contributed by atoms with van der Waals surface area (Å²) in [5.74, 6) is -0.829. The van der Waals surface area contributed by atoms with Gasteiger partial charge in [0.05, 0.1) is 7.11 Å². The molecule has 1 amide bonds. The Balaban J connectivity index is 2.42. The quantitative estimate of drug-likeness (QED) is 0.793. The standard InChI is InChI=1S/C12H15NO5/c1-8(12(15)16)18-7-11(14)13-9-3-5-10(17-2)6-4-9/h3-6,8H,7H2,1-2H3,(H,13,14)(H,15,16). The second-order valence-electron chi connectivity index (χ2n) is 3.57. The Hall–Kier alpha value is -2.08. The molecule has 0 heterocycles. The van der Waals surface area contributed by atoms with Crippen molar-refractivity contribution in [3.63, 3.8) is 0 Å². The van der Waals surface area contributed by atoms with Crippen molar-refractivity contribution in [2.24, 2.45) is 0 Å². The van der Waals surface area contributed by atoms with E-state index in [1.54, 1.807) is 31.4 Å². The maximum Gasteiger partial charge on any atom is 0.332 e. The summed E-state index contributed by atoms with van der Waals surface area (Å²) in [6.45, 7) is 1.06. The molecule has 6 heteroatoms. The highest BCUT2D eigenvalue weighted by atomic mass is 16.5. The molecule has 6 nitrogen and oxygen atoms in total. The molecule has 1 atom stereocenters. The van der Waals surface area contributed by atoms with Gasteiger partial charge >= 0.3 is 5.97 Å². The molecule has 1 rings (SSSR count). The Morgan fingerprint density at radius 3 is 2.44 bits per heavy atom. The van der Waals surface area contributed by atoms with E-state index in [0.29, 0.717) is 11.4 Å². The molecular weight excluding hydrogens is 238 g/mol. The summed E-state index contributed by atoms with van der Waals surface area (Å²) in [4.78, 5) is 21.9. The molecule has 0 saturated heterocycles. The van der Waals surface area contributed by atoms with Crippen molar-refractivity contribution in [2.45, 2.75) is 13.0 Å². The molecule has 0 aliphatic carbocycles. The second-order valence-corrected chi connectivity index (χ2v) is 3.57. The molecule has 0 saturated carbocycles. The van der Waals surface area contributed by atoms with Crippen molar-refractivity contribution >= 4 is 17.6 Å². The summed E-state index contributed by atoms with van der Waals surface area (Å²) in [5.41, 5.74) is 0.590. The molecule has 98 valence electrons. The molecule has 0 fully saturated rings. The number of methoxy groups -OCH3 is 1. The third kappa shape index (κ3) is 4.42. The molecule has 0 aliphatic rings. The Bertz CT molecular complexity index is 415. The number of nitrogens with one attached hydrogen (secondary N) is 1. The fourth-order valence-corrected chi connectivity index (χ4v) is 1.14. The number of amides is 1. The molecule has 18 heavy (non-hydrogen) atoms. The van der Waals surface area contributed by atoms with Gasteiger partial charge in [-0.05, 0) is 31.2 Å². The van der Waals surface area contributed by atoms with Crippen LogP contribution in [-0.4, -0.2) is 36.8 Å². The minimum Gasteiger partial charge on any atom is -0.497 e. The molecular formula is C12H15NO5. The Kier molecular flexibility index (Phi) is 5.13. The van der Waals surface area contributed by atoms with E-state index in [2.05, 4.69) is 5.32 Å². The van der Waals surface area contributed by atoms with Gasteiger partial charge < -0.3 is 19.9 Å². The van der Waals surface area contributed by atoms with Crippen LogP contribution >= 0.6 is 0 Å². The monoisotopic (exact) mass is 253 g/mol. The summed E-state index contributed by atoms with van der Waals surface area (Å²) >= 11 is 0. The molecule has 0 bridgehead atoms. The fraction of sp³-hybridized carbons (Fsp3) is 0.333. The summed E-state index contributed by atoms with van der Waals surface area (Å²) < 4.78 is 9.82. The van der Waals surface area contributed by atoms with E-state index in [-0.39, 0.29) is 6.61 Å². The first-order valence-electron chi connectivity index (χ1n) is 5.31. The number of hydrogen-bond donors (Lipinski definition) is 2. The summed E-state index contributed by atoms with van der Waals surface area (Å²) in [7, 11) is 1.55. The average molecular weight is 253 g/mol. The predicted octanol–water partition coefficient (Wildman–Crippen LogP) is 1.12. The molecule has 1 aromatic rings. The van der Waals surface area contributed by atoms with Crippen molar-refractivity contribution in [2.75, 3.05) is 19.0 Å². The van der Waals surface area contributed by atoms with Crippen molar-refractivity contribution in [3.8, 4) is 5.75 Å². The van der Waals surface area contributed by atoms with Crippen molar-refractivity contribution in [1.82, 2.24) is 0 Å². The fourth-order valence-electron chi connectivity index (χ4n) is 1.14. The SMILES string of the molecule is COc1ccc(NC(=O)COC(C)C(=O)O)cc1. The van der Waals surface area contributed by atoms with Crippen molar-refractivity contribution < 1.29 is 24.2 Å². The summed E-state index contributed by atoms with van der Waals surface area (Å²) in [6, 6.07) is 6.77. The third-order valence-corrected chi connectivity index (χ3v) is 2.19. The van der Waals surface area contributed by atoms with Crippen molar-refractivity contribution in [1.29, 1.82) is 0 Å². The maximum atomic E-state index is 11.4. The number of carboxylic acid groups (broad SMARTS) is 1. The van der Waals surface area contributed by atoms with Gasteiger partial charge in [0.25, 0.3) is 0 Å². The average Bonchev–Trinajstić information content (AvgIpc) is 2.36. The molecule has 0 aliphatic heterocycles. The lowest BCUT2D eigenvalue weighted by molar-refractivity contribution is -0.150. The number of ether oxygens (including phenoxy) is 2. The van der Waals surface area contributed by atoms with E-state index in [9.17, 15) is 9.59 Å². The highest BCUT2D eigenvalue weighted by molar-refractivity contribution is 5.91. The van der Waals surface area contributed by atoms with Crippen LogP contribution in [0.3, 0.4) is 0 Å². The number of hydrogen-bond acceptors (Lipinski definition) is 4. The summed E-state index contributed by atoms with van der Waals surface area (Å²) in [5, 5.41) is 11.1. The van der Waals surface area contributed by atoms with E-state index in [1.807, 2.05) is 0 Å². The van der Waals surface area contributed by atoms with Gasteiger partial charge in [-0.25, -0.2) is 4.79 Å². The number of anilines is 1. The van der Waals surface area contributed by atoms with Gasteiger partial charge in [-0.1, -0.05) is 0 Å². The van der Waals surface area contributed by atoms with Crippen LogP contribution in [0, 0.1) is 0 Å². The second kappa shape index (κ2) is 6.61. The Morgan fingerprint density at radius 1 is 1.33 bits per heavy atom. The molecule has 2 N–H and O–H groups in total. The number of carbonyl (C=O) groups is 2. The number of aliphatic carboxylic acids is 1. The predicted molar refractivity (Wildman–Crippen MR) is 64.7 cm³/mol. The lowest BCUT2D eigenvalue weighted by atomic mass is 10.3. The maximum absolute atomic E-state index is 11.4. The summed E-state index contributed by atoms with van der Waals surface area (Å²) in [6.07, 6.45) is -1.01. The van der Waals surface area contributed by atoms with Gasteiger partial charge in [-0.2, -0.15) is 0 Å². The molecule has 0 aromatic heterocycles. The van der Waals surface area contributed by atoms with Gasteiger partial charge in [0.15, 0.2) is 6.10 Å². The van der Waals surface area contributed by atoms with Gasteiger partial charge in [0, 0.05) is 5.69 Å². The lowest BCUT2D eigenvalue weighted by Crippen LogP contribution is -2.26. The Morgan fingerprint density at radius 2 is 1.94 bits per heavy atom. The van der Waals surface area contributed by atoms with Crippen LogP contribution in [0.15, 0.2) is 24.3 Å². The van der Waals surface area contributed by atoms with E-state index < -0.39 is 18.0 Å². The number of carboxylic acids is 1. The van der Waals surface area contributed by atoms with Gasteiger partial charge in [0.1, 0.15) is 12.4 Å². The molecule has 1 aromatic carbocycles. The third-order valence-electron chi connectivity index (χ3n) is 2.19. The largest absolute Gasteiger partial charge is 0.497 e. The van der Waals surface area contributed by atoms with Crippen LogP contribution in [-0.2, 0) is 14.3 Å². The lowest BCUT2D eigenvalue weighted by Gasteiger charge is -2.09. The van der Waals surface area contributed by atoms with E-state index in [4.69, 9.17) is 14.6 Å². The van der Waals surface area contributed by atoms with E-state index >= 15 is 0 Å². The first kappa shape index (κ1) is 14.0. The van der Waals surface area contributed by atoms with Crippen LogP contribution in [0.5, 0.6) is 5.75 Å². The highest BCUT2D eigenvalue weighted by Gasteiger charge is 2.13. The topological polar surface area (TPSA) is 84.9 Å². The molecule has 0 radical (unpaired) electrons.